The second kappa shape index (κ2) is 12.3. The van der Waals surface area contributed by atoms with Gasteiger partial charge >= 0.3 is 0 Å². The Labute approximate surface area is 148 Å². The van der Waals surface area contributed by atoms with Crippen molar-refractivity contribution in [3.63, 3.8) is 0 Å². The van der Waals surface area contributed by atoms with E-state index in [1.54, 1.807) is 31.2 Å². The molecule has 0 aromatic heterocycles. The van der Waals surface area contributed by atoms with Gasteiger partial charge in [-0.3, -0.25) is 0 Å². The molecule has 0 fully saturated rings. The molecule has 24 heavy (non-hydrogen) atoms. The number of hydrogen-bond donors (Lipinski definition) is 0. The van der Waals surface area contributed by atoms with Gasteiger partial charge in [-0.2, -0.15) is 0 Å². The Kier molecular flexibility index (Phi) is 10.8. The van der Waals surface area contributed by atoms with E-state index in [0.717, 1.165) is 12.2 Å². The van der Waals surface area contributed by atoms with Crippen molar-refractivity contribution in [1.82, 2.24) is 0 Å². The molecule has 3 nitrogen and oxygen atoms in total. The van der Waals surface area contributed by atoms with Crippen LogP contribution in [-0.4, -0.2) is 20.8 Å². The molecule has 4 heteroatoms. The van der Waals surface area contributed by atoms with Gasteiger partial charge in [0.25, 0.3) is 0 Å². The van der Waals surface area contributed by atoms with E-state index >= 15 is 0 Å². The first kappa shape index (κ1) is 21.0. The minimum atomic E-state index is -3.12. The van der Waals surface area contributed by atoms with Crippen LogP contribution in [0.2, 0.25) is 0 Å². The van der Waals surface area contributed by atoms with Crippen LogP contribution in [0.4, 0.5) is 0 Å². The number of benzene rings is 1. The zero-order valence-electron chi connectivity index (χ0n) is 15.4. The van der Waals surface area contributed by atoms with Crippen LogP contribution in [0.25, 0.3) is 0 Å². The largest absolute Gasteiger partial charge is 0.494 e. The predicted octanol–water partition coefficient (Wildman–Crippen LogP) is 5.78. The molecule has 0 radical (unpaired) electrons. The summed E-state index contributed by atoms with van der Waals surface area (Å²) in [5.41, 5.74) is 0. The van der Waals surface area contributed by atoms with E-state index in [9.17, 15) is 8.42 Å². The molecular weight excluding hydrogens is 320 g/mol. The van der Waals surface area contributed by atoms with Crippen LogP contribution in [0, 0.1) is 0 Å². The number of rotatable bonds is 14. The Morgan fingerprint density at radius 2 is 1.25 bits per heavy atom. The molecule has 0 saturated heterocycles. The molecule has 1 rings (SSSR count). The zero-order valence-corrected chi connectivity index (χ0v) is 16.2. The summed E-state index contributed by atoms with van der Waals surface area (Å²) < 4.78 is 29.1. The quantitative estimate of drug-likeness (QED) is 0.398. The van der Waals surface area contributed by atoms with Crippen molar-refractivity contribution in [2.24, 2.45) is 0 Å². The van der Waals surface area contributed by atoms with Crippen LogP contribution in [0.15, 0.2) is 29.2 Å². The van der Waals surface area contributed by atoms with E-state index in [-0.39, 0.29) is 5.75 Å². The lowest BCUT2D eigenvalue weighted by Crippen LogP contribution is -2.03. The SMILES string of the molecule is CCCCCCCCCCCCOc1ccc(S(=O)(=O)CC)cc1. The number of sulfone groups is 1. The first-order chi connectivity index (χ1) is 11.6. The van der Waals surface area contributed by atoms with Gasteiger partial charge in [-0.15, -0.1) is 0 Å². The average molecular weight is 355 g/mol. The Hall–Kier alpha value is -1.03. The van der Waals surface area contributed by atoms with E-state index in [1.165, 1.54) is 57.8 Å². The number of ether oxygens (including phenoxy) is 1. The highest BCUT2D eigenvalue weighted by Crippen LogP contribution is 2.17. The zero-order chi connectivity index (χ0) is 17.7. The number of unbranched alkanes of at least 4 members (excludes halogenated alkanes) is 9. The second-order valence-corrected chi connectivity index (χ2v) is 8.68. The molecule has 0 heterocycles. The molecule has 1 aromatic carbocycles. The van der Waals surface area contributed by atoms with Gasteiger partial charge in [0.15, 0.2) is 9.84 Å². The monoisotopic (exact) mass is 354 g/mol. The lowest BCUT2D eigenvalue weighted by Gasteiger charge is -2.07. The van der Waals surface area contributed by atoms with Crippen molar-refractivity contribution >= 4 is 9.84 Å². The summed E-state index contributed by atoms with van der Waals surface area (Å²) in [5.74, 6) is 0.882. The summed E-state index contributed by atoms with van der Waals surface area (Å²) in [5, 5.41) is 0. The maximum atomic E-state index is 11.7. The Morgan fingerprint density at radius 3 is 1.75 bits per heavy atom. The van der Waals surface area contributed by atoms with Crippen molar-refractivity contribution in [3.05, 3.63) is 24.3 Å². The van der Waals surface area contributed by atoms with E-state index < -0.39 is 9.84 Å². The van der Waals surface area contributed by atoms with Crippen LogP contribution in [0.3, 0.4) is 0 Å². The van der Waals surface area contributed by atoms with Crippen molar-refractivity contribution in [3.8, 4) is 5.75 Å². The summed E-state index contributed by atoms with van der Waals surface area (Å²) in [7, 11) is -3.12. The van der Waals surface area contributed by atoms with Crippen LogP contribution >= 0.6 is 0 Å². The molecule has 0 aliphatic carbocycles. The normalized spacial score (nSPS) is 11.6. The summed E-state index contributed by atoms with van der Waals surface area (Å²) in [6.45, 7) is 4.62. The molecule has 138 valence electrons. The van der Waals surface area contributed by atoms with Crippen molar-refractivity contribution < 1.29 is 13.2 Å². The molecule has 0 aliphatic heterocycles. The summed E-state index contributed by atoms with van der Waals surface area (Å²) >= 11 is 0. The fourth-order valence-corrected chi connectivity index (χ4v) is 3.57. The topological polar surface area (TPSA) is 43.4 Å². The second-order valence-electron chi connectivity index (χ2n) is 6.41. The van der Waals surface area contributed by atoms with Gasteiger partial charge < -0.3 is 4.74 Å². The van der Waals surface area contributed by atoms with E-state index in [0.29, 0.717) is 11.5 Å². The molecule has 0 bridgehead atoms. The lowest BCUT2D eigenvalue weighted by atomic mass is 10.1. The van der Waals surface area contributed by atoms with E-state index in [4.69, 9.17) is 4.74 Å². The fourth-order valence-electron chi connectivity index (χ4n) is 2.69. The van der Waals surface area contributed by atoms with E-state index in [2.05, 4.69) is 6.92 Å². The summed E-state index contributed by atoms with van der Waals surface area (Å²) in [4.78, 5) is 0.372. The minimum absolute atomic E-state index is 0.131. The molecule has 0 aliphatic rings. The highest BCUT2D eigenvalue weighted by Gasteiger charge is 2.10. The third-order valence-corrected chi connectivity index (χ3v) is 6.08. The van der Waals surface area contributed by atoms with Gasteiger partial charge in [-0.25, -0.2) is 8.42 Å². The minimum Gasteiger partial charge on any atom is -0.494 e. The molecule has 1 aromatic rings. The third-order valence-electron chi connectivity index (χ3n) is 4.33. The van der Waals surface area contributed by atoms with Crippen LogP contribution in [0.1, 0.15) is 78.1 Å². The molecule has 0 atom stereocenters. The summed E-state index contributed by atoms with van der Waals surface area (Å²) in [6, 6.07) is 6.76. The predicted molar refractivity (Wildman–Crippen MR) is 102 cm³/mol. The first-order valence-electron chi connectivity index (χ1n) is 9.55. The van der Waals surface area contributed by atoms with Gasteiger partial charge in [0, 0.05) is 0 Å². The smallest absolute Gasteiger partial charge is 0.178 e. The average Bonchev–Trinajstić information content (AvgIpc) is 2.60. The van der Waals surface area contributed by atoms with Gasteiger partial charge in [0.1, 0.15) is 5.75 Å². The van der Waals surface area contributed by atoms with Gasteiger partial charge in [-0.05, 0) is 30.7 Å². The van der Waals surface area contributed by atoms with Crippen molar-refractivity contribution in [1.29, 1.82) is 0 Å². The maximum absolute atomic E-state index is 11.7. The van der Waals surface area contributed by atoms with Crippen LogP contribution < -0.4 is 4.74 Å². The summed E-state index contributed by atoms with van der Waals surface area (Å²) in [6.07, 6.45) is 13.1. The molecule has 0 N–H and O–H groups in total. The van der Waals surface area contributed by atoms with Crippen molar-refractivity contribution in [2.75, 3.05) is 12.4 Å². The lowest BCUT2D eigenvalue weighted by molar-refractivity contribution is 0.304. The maximum Gasteiger partial charge on any atom is 0.178 e. The molecule has 0 unspecified atom stereocenters. The van der Waals surface area contributed by atoms with Crippen LogP contribution in [-0.2, 0) is 9.84 Å². The molecule has 0 saturated carbocycles. The molecule has 0 spiro atoms. The Morgan fingerprint density at radius 1 is 0.750 bits per heavy atom. The van der Waals surface area contributed by atoms with Gasteiger partial charge in [-0.1, -0.05) is 71.6 Å². The Bertz CT molecular complexity index is 520. The van der Waals surface area contributed by atoms with Crippen molar-refractivity contribution in [2.45, 2.75) is 83.0 Å². The van der Waals surface area contributed by atoms with Crippen LogP contribution in [0.5, 0.6) is 5.75 Å². The van der Waals surface area contributed by atoms with Gasteiger partial charge in [0.2, 0.25) is 0 Å². The fraction of sp³-hybridized carbons (Fsp3) is 0.700. The standard InChI is InChI=1S/C20H34O3S/c1-3-5-6-7-8-9-10-11-12-13-18-23-19-14-16-20(17-15-19)24(21,22)4-2/h14-17H,3-13,18H2,1-2H3. The van der Waals surface area contributed by atoms with Gasteiger partial charge in [0.05, 0.1) is 17.3 Å². The molecule has 0 amide bonds. The highest BCUT2D eigenvalue weighted by atomic mass is 32.2. The highest BCUT2D eigenvalue weighted by molar-refractivity contribution is 7.91. The molecular formula is C20H34O3S. The first-order valence-corrected chi connectivity index (χ1v) is 11.2. The van der Waals surface area contributed by atoms with E-state index in [1.807, 2.05) is 0 Å². The number of hydrogen-bond acceptors (Lipinski definition) is 3. The third kappa shape index (κ3) is 8.72. The Balaban J connectivity index is 2.05.